The van der Waals surface area contributed by atoms with Crippen molar-refractivity contribution in [2.75, 3.05) is 37.8 Å². The van der Waals surface area contributed by atoms with E-state index in [9.17, 15) is 18.5 Å². The Bertz CT molecular complexity index is 895. The van der Waals surface area contributed by atoms with Gasteiger partial charge in [-0.2, -0.15) is 0 Å². The normalized spacial score (nSPS) is 19.7. The Labute approximate surface area is 165 Å². The van der Waals surface area contributed by atoms with Crippen molar-refractivity contribution in [1.29, 1.82) is 0 Å². The molecule has 1 saturated heterocycles. The van der Waals surface area contributed by atoms with Crippen LogP contribution in [0.2, 0.25) is 0 Å². The van der Waals surface area contributed by atoms with Crippen LogP contribution in [0.3, 0.4) is 0 Å². The van der Waals surface area contributed by atoms with Crippen LogP contribution in [0.15, 0.2) is 27.8 Å². The standard InChI is InChI=1S/C16H21N3O5S3/c1-11-10-18(5-6-24-11)13(14-4-3-7-25-14)9-17-16-12(19(20)21)8-15(26-16)27(2,22)23/h3-4,7-8,11,13,17H,5-6,9-10H2,1-2H3. The van der Waals surface area contributed by atoms with Crippen molar-refractivity contribution in [1.82, 2.24) is 4.90 Å². The van der Waals surface area contributed by atoms with Gasteiger partial charge in [-0.05, 0) is 18.4 Å². The zero-order valence-corrected chi connectivity index (χ0v) is 17.4. The molecular formula is C16H21N3O5S3. The number of rotatable bonds is 7. The van der Waals surface area contributed by atoms with Crippen LogP contribution in [0.5, 0.6) is 0 Å². The van der Waals surface area contributed by atoms with Crippen LogP contribution < -0.4 is 5.32 Å². The van der Waals surface area contributed by atoms with E-state index in [-0.39, 0.29) is 27.0 Å². The lowest BCUT2D eigenvalue weighted by molar-refractivity contribution is -0.383. The maximum atomic E-state index is 11.8. The molecule has 1 aliphatic rings. The highest BCUT2D eigenvalue weighted by molar-refractivity contribution is 7.92. The van der Waals surface area contributed by atoms with E-state index in [1.54, 1.807) is 11.3 Å². The van der Waals surface area contributed by atoms with Gasteiger partial charge in [0, 0.05) is 36.8 Å². The summed E-state index contributed by atoms with van der Waals surface area (Å²) in [5, 5.41) is 16.7. The third kappa shape index (κ3) is 4.85. The van der Waals surface area contributed by atoms with E-state index in [4.69, 9.17) is 4.74 Å². The Morgan fingerprint density at radius 2 is 2.30 bits per heavy atom. The van der Waals surface area contributed by atoms with Crippen LogP contribution in [0, 0.1) is 10.1 Å². The Kier molecular flexibility index (Phi) is 6.16. The molecule has 1 aliphatic heterocycles. The van der Waals surface area contributed by atoms with Crippen molar-refractivity contribution in [2.24, 2.45) is 0 Å². The summed E-state index contributed by atoms with van der Waals surface area (Å²) in [6.45, 7) is 4.65. The summed E-state index contributed by atoms with van der Waals surface area (Å²) in [6, 6.07) is 5.17. The van der Waals surface area contributed by atoms with E-state index >= 15 is 0 Å². The van der Waals surface area contributed by atoms with Gasteiger partial charge in [0.15, 0.2) is 14.8 Å². The second kappa shape index (κ2) is 8.23. The SMILES string of the molecule is CC1CN(C(CNc2sc(S(C)(=O)=O)cc2[N+](=O)[O-])c2cccs2)CCO1. The molecule has 3 heterocycles. The summed E-state index contributed by atoms with van der Waals surface area (Å²) in [4.78, 5) is 14.2. The number of sulfone groups is 1. The van der Waals surface area contributed by atoms with Gasteiger partial charge in [-0.3, -0.25) is 15.0 Å². The van der Waals surface area contributed by atoms with Crippen LogP contribution >= 0.6 is 22.7 Å². The molecule has 0 radical (unpaired) electrons. The molecule has 2 aromatic heterocycles. The summed E-state index contributed by atoms with van der Waals surface area (Å²) in [5.74, 6) is 0. The highest BCUT2D eigenvalue weighted by Crippen LogP contribution is 2.38. The van der Waals surface area contributed by atoms with Crippen LogP contribution in [0.4, 0.5) is 10.7 Å². The summed E-state index contributed by atoms with van der Waals surface area (Å²) in [6.07, 6.45) is 1.17. The monoisotopic (exact) mass is 431 g/mol. The van der Waals surface area contributed by atoms with Gasteiger partial charge in [-0.1, -0.05) is 17.4 Å². The lowest BCUT2D eigenvalue weighted by Gasteiger charge is -2.37. The lowest BCUT2D eigenvalue weighted by atomic mass is 10.1. The van der Waals surface area contributed by atoms with E-state index in [2.05, 4.69) is 10.2 Å². The minimum atomic E-state index is -3.50. The van der Waals surface area contributed by atoms with Gasteiger partial charge >= 0.3 is 5.69 Å². The summed E-state index contributed by atoms with van der Waals surface area (Å²) in [7, 11) is -3.50. The smallest absolute Gasteiger partial charge is 0.304 e. The van der Waals surface area contributed by atoms with Gasteiger partial charge in [-0.25, -0.2) is 8.42 Å². The molecule has 0 bridgehead atoms. The van der Waals surface area contributed by atoms with Crippen molar-refractivity contribution in [2.45, 2.75) is 23.3 Å². The van der Waals surface area contributed by atoms with Gasteiger partial charge < -0.3 is 10.1 Å². The van der Waals surface area contributed by atoms with E-state index in [0.29, 0.717) is 13.2 Å². The first-order valence-electron chi connectivity index (χ1n) is 8.37. The van der Waals surface area contributed by atoms with Gasteiger partial charge in [0.1, 0.15) is 4.21 Å². The Morgan fingerprint density at radius 3 is 2.89 bits per heavy atom. The molecule has 3 rings (SSSR count). The number of hydrogen-bond donors (Lipinski definition) is 1. The molecule has 1 fully saturated rings. The van der Waals surface area contributed by atoms with E-state index < -0.39 is 14.8 Å². The van der Waals surface area contributed by atoms with Crippen molar-refractivity contribution < 1.29 is 18.1 Å². The molecule has 2 atom stereocenters. The summed E-state index contributed by atoms with van der Waals surface area (Å²) < 4.78 is 29.1. The second-order valence-electron chi connectivity index (χ2n) is 6.40. The number of nitrogens with zero attached hydrogens (tertiary/aromatic N) is 2. The van der Waals surface area contributed by atoms with Crippen LogP contribution in [0.25, 0.3) is 0 Å². The summed E-state index contributed by atoms with van der Waals surface area (Å²) in [5.41, 5.74) is -0.208. The van der Waals surface area contributed by atoms with Crippen LogP contribution in [-0.2, 0) is 14.6 Å². The molecule has 0 aliphatic carbocycles. The maximum Gasteiger partial charge on any atom is 0.304 e. The quantitative estimate of drug-likeness (QED) is 0.531. The molecule has 11 heteroatoms. The number of nitro groups is 1. The molecular weight excluding hydrogens is 410 g/mol. The molecule has 1 N–H and O–H groups in total. The van der Waals surface area contributed by atoms with Crippen molar-refractivity contribution in [3.8, 4) is 0 Å². The fraction of sp³-hybridized carbons (Fsp3) is 0.500. The van der Waals surface area contributed by atoms with Gasteiger partial charge in [0.25, 0.3) is 0 Å². The fourth-order valence-electron chi connectivity index (χ4n) is 3.01. The fourth-order valence-corrected chi connectivity index (χ4v) is 5.82. The molecule has 0 spiro atoms. The number of thiophene rings is 2. The zero-order chi connectivity index (χ0) is 19.6. The zero-order valence-electron chi connectivity index (χ0n) is 15.0. The Balaban J connectivity index is 1.83. The average molecular weight is 432 g/mol. The average Bonchev–Trinajstić information content (AvgIpc) is 3.24. The first-order valence-corrected chi connectivity index (χ1v) is 12.0. The first kappa shape index (κ1) is 20.2. The predicted octanol–water partition coefficient (Wildman–Crippen LogP) is 3.00. The molecule has 0 aromatic carbocycles. The van der Waals surface area contributed by atoms with Gasteiger partial charge in [-0.15, -0.1) is 11.3 Å². The number of morpholine rings is 1. The first-order chi connectivity index (χ1) is 12.8. The number of ether oxygens (including phenoxy) is 1. The van der Waals surface area contributed by atoms with Gasteiger partial charge in [0.2, 0.25) is 0 Å². The van der Waals surface area contributed by atoms with Crippen LogP contribution in [0.1, 0.15) is 17.8 Å². The third-order valence-electron chi connectivity index (χ3n) is 4.29. The van der Waals surface area contributed by atoms with Gasteiger partial charge in [0.05, 0.1) is 23.7 Å². The molecule has 2 unspecified atom stereocenters. The molecule has 0 amide bonds. The minimum absolute atomic E-state index is 0.00984. The molecule has 27 heavy (non-hydrogen) atoms. The van der Waals surface area contributed by atoms with Crippen molar-refractivity contribution in [3.05, 3.63) is 38.6 Å². The topological polar surface area (TPSA) is 102 Å². The van der Waals surface area contributed by atoms with E-state index in [0.717, 1.165) is 41.6 Å². The van der Waals surface area contributed by atoms with E-state index in [1.165, 1.54) is 0 Å². The number of nitrogens with one attached hydrogen (secondary N) is 1. The highest BCUT2D eigenvalue weighted by atomic mass is 32.2. The molecule has 8 nitrogen and oxygen atoms in total. The lowest BCUT2D eigenvalue weighted by Crippen LogP contribution is -2.44. The van der Waals surface area contributed by atoms with Crippen molar-refractivity contribution in [3.63, 3.8) is 0 Å². The Morgan fingerprint density at radius 1 is 1.52 bits per heavy atom. The third-order valence-corrected chi connectivity index (χ3v) is 8.15. The Hall–Kier alpha value is -1.53. The highest BCUT2D eigenvalue weighted by Gasteiger charge is 2.28. The van der Waals surface area contributed by atoms with Crippen LogP contribution in [-0.4, -0.2) is 56.8 Å². The number of anilines is 1. The van der Waals surface area contributed by atoms with Crippen molar-refractivity contribution >= 4 is 43.2 Å². The van der Waals surface area contributed by atoms with E-state index in [1.807, 2.05) is 24.4 Å². The largest absolute Gasteiger partial charge is 0.376 e. The summed E-state index contributed by atoms with van der Waals surface area (Å²) >= 11 is 2.53. The minimum Gasteiger partial charge on any atom is -0.376 e. The molecule has 2 aromatic rings. The predicted molar refractivity (Wildman–Crippen MR) is 107 cm³/mol. The second-order valence-corrected chi connectivity index (χ2v) is 10.7. The maximum absolute atomic E-state index is 11.8. The molecule has 148 valence electrons. The number of hydrogen-bond acceptors (Lipinski definition) is 9. The molecule has 0 saturated carbocycles.